The van der Waals surface area contributed by atoms with Crippen molar-refractivity contribution in [3.63, 3.8) is 0 Å². The summed E-state index contributed by atoms with van der Waals surface area (Å²) in [6, 6.07) is 0. The van der Waals surface area contributed by atoms with Crippen molar-refractivity contribution in [2.24, 2.45) is 0 Å². The van der Waals surface area contributed by atoms with Crippen LogP contribution in [0.4, 0.5) is 0 Å². The van der Waals surface area contributed by atoms with Crippen LogP contribution in [0.2, 0.25) is 0 Å². The maximum atomic E-state index is 10.7. The van der Waals surface area contributed by atoms with Crippen LogP contribution in [0.5, 0.6) is 0 Å². The molecule has 0 unspecified atom stereocenters. The zero-order chi connectivity index (χ0) is 11.7. The zero-order valence-electron chi connectivity index (χ0n) is 9.33. The first kappa shape index (κ1) is 13.7. The molecule has 0 aliphatic rings. The summed E-state index contributed by atoms with van der Waals surface area (Å²) in [5.74, 6) is 1.29. The van der Waals surface area contributed by atoms with E-state index in [1.807, 2.05) is 6.92 Å². The highest BCUT2D eigenvalue weighted by Crippen LogP contribution is 1.94. The number of ether oxygens (including phenoxy) is 2. The Kier molecular flexibility index (Phi) is 7.37. The quantitative estimate of drug-likeness (QED) is 0.301. The van der Waals surface area contributed by atoms with E-state index >= 15 is 0 Å². The molecule has 0 bridgehead atoms. The third-order valence-corrected chi connectivity index (χ3v) is 2.48. The molecule has 0 aliphatic heterocycles. The standard InChI is InChI=1S/C10H16O4Si/c1-4-5-6-7-15-10(13-8(2)11)14-9(3)12/h10H,4-5,15H2,1-3H3. The molecule has 0 saturated heterocycles. The fourth-order valence-electron chi connectivity index (χ4n) is 0.846. The van der Waals surface area contributed by atoms with Gasteiger partial charge in [-0.15, -0.1) is 11.5 Å². The van der Waals surface area contributed by atoms with Crippen LogP contribution in [0.25, 0.3) is 0 Å². The van der Waals surface area contributed by atoms with Gasteiger partial charge in [-0.1, -0.05) is 6.92 Å². The van der Waals surface area contributed by atoms with Gasteiger partial charge in [-0.3, -0.25) is 9.59 Å². The molecule has 0 atom stereocenters. The Hall–Kier alpha value is -1.28. The average molecular weight is 228 g/mol. The van der Waals surface area contributed by atoms with E-state index in [0.29, 0.717) is 0 Å². The highest BCUT2D eigenvalue weighted by Gasteiger charge is 2.13. The number of hydrogen-bond donors (Lipinski definition) is 0. The van der Waals surface area contributed by atoms with Gasteiger partial charge < -0.3 is 9.47 Å². The fraction of sp³-hybridized carbons (Fsp3) is 0.600. The number of carbonyl (C=O) groups excluding carboxylic acids is 2. The summed E-state index contributed by atoms with van der Waals surface area (Å²) in [5, 5.41) is 0. The maximum Gasteiger partial charge on any atom is 0.305 e. The lowest BCUT2D eigenvalue weighted by Gasteiger charge is -2.13. The van der Waals surface area contributed by atoms with Crippen LogP contribution in [0.15, 0.2) is 0 Å². The molecule has 0 saturated carbocycles. The molecule has 0 rings (SSSR count). The SMILES string of the molecule is CCCC#C[SiH2]C(OC(C)=O)OC(C)=O. The van der Waals surface area contributed by atoms with Crippen LogP contribution in [0.1, 0.15) is 33.6 Å². The lowest BCUT2D eigenvalue weighted by molar-refractivity contribution is -0.171. The van der Waals surface area contributed by atoms with Gasteiger partial charge in [-0.2, -0.15) is 0 Å². The molecule has 0 aliphatic carbocycles. The first-order valence-electron chi connectivity index (χ1n) is 4.86. The second-order valence-electron chi connectivity index (χ2n) is 2.96. The molecule has 0 aromatic rings. The van der Waals surface area contributed by atoms with Gasteiger partial charge in [-0.25, -0.2) is 0 Å². The molecule has 15 heavy (non-hydrogen) atoms. The summed E-state index contributed by atoms with van der Waals surface area (Å²) >= 11 is 0. The van der Waals surface area contributed by atoms with E-state index in [9.17, 15) is 9.59 Å². The predicted molar refractivity (Wildman–Crippen MR) is 58.5 cm³/mol. The first-order chi connectivity index (χ1) is 7.06. The second kappa shape index (κ2) is 8.06. The number of hydrogen-bond acceptors (Lipinski definition) is 4. The van der Waals surface area contributed by atoms with Crippen LogP contribution in [-0.2, 0) is 19.1 Å². The average Bonchev–Trinajstić information content (AvgIpc) is 2.10. The molecule has 0 spiro atoms. The molecule has 0 N–H and O–H groups in total. The molecule has 0 aromatic heterocycles. The van der Waals surface area contributed by atoms with E-state index in [1.165, 1.54) is 13.8 Å². The van der Waals surface area contributed by atoms with E-state index in [4.69, 9.17) is 9.47 Å². The molecule has 84 valence electrons. The number of rotatable bonds is 4. The fourth-order valence-corrected chi connectivity index (χ4v) is 1.97. The van der Waals surface area contributed by atoms with Gasteiger partial charge in [-0.05, 0) is 6.42 Å². The van der Waals surface area contributed by atoms with E-state index in [0.717, 1.165) is 12.8 Å². The Labute approximate surface area is 92.1 Å². The summed E-state index contributed by atoms with van der Waals surface area (Å²) in [7, 11) is -1.03. The van der Waals surface area contributed by atoms with Gasteiger partial charge in [0.15, 0.2) is 0 Å². The molecule has 4 nitrogen and oxygen atoms in total. The Morgan fingerprint density at radius 3 is 2.20 bits per heavy atom. The van der Waals surface area contributed by atoms with Crippen molar-refractivity contribution in [3.05, 3.63) is 0 Å². The molecule has 0 amide bonds. The van der Waals surface area contributed by atoms with Crippen LogP contribution < -0.4 is 0 Å². The van der Waals surface area contributed by atoms with Gasteiger partial charge >= 0.3 is 11.9 Å². The molecule has 5 heteroatoms. The van der Waals surface area contributed by atoms with Gasteiger partial charge in [0.1, 0.15) is 0 Å². The summed E-state index contributed by atoms with van der Waals surface area (Å²) < 4.78 is 9.64. The van der Waals surface area contributed by atoms with Crippen molar-refractivity contribution in [3.8, 4) is 11.5 Å². The Balaban J connectivity index is 4.07. The van der Waals surface area contributed by atoms with Gasteiger partial charge in [0.2, 0.25) is 15.4 Å². The van der Waals surface area contributed by atoms with E-state index in [2.05, 4.69) is 11.5 Å². The van der Waals surface area contributed by atoms with Crippen molar-refractivity contribution >= 4 is 21.5 Å². The minimum absolute atomic E-state index is 0.453. The van der Waals surface area contributed by atoms with Crippen molar-refractivity contribution in [1.82, 2.24) is 0 Å². The monoisotopic (exact) mass is 228 g/mol. The molecular formula is C10H16O4Si. The third kappa shape index (κ3) is 9.03. The molecular weight excluding hydrogens is 212 g/mol. The lowest BCUT2D eigenvalue weighted by Crippen LogP contribution is -2.27. The van der Waals surface area contributed by atoms with Crippen molar-refractivity contribution in [2.75, 3.05) is 0 Å². The van der Waals surface area contributed by atoms with Crippen molar-refractivity contribution in [1.29, 1.82) is 0 Å². The van der Waals surface area contributed by atoms with Crippen LogP contribution >= 0.6 is 0 Å². The lowest BCUT2D eigenvalue weighted by atomic mass is 10.4. The zero-order valence-corrected chi connectivity index (χ0v) is 10.7. The minimum atomic E-state index is -1.03. The Morgan fingerprint density at radius 2 is 1.80 bits per heavy atom. The van der Waals surface area contributed by atoms with E-state index < -0.39 is 27.4 Å². The molecule has 0 fully saturated rings. The van der Waals surface area contributed by atoms with Gasteiger partial charge in [0.25, 0.3) is 0 Å². The van der Waals surface area contributed by atoms with E-state index in [1.54, 1.807) is 0 Å². The first-order valence-corrected chi connectivity index (χ1v) is 6.38. The highest BCUT2D eigenvalue weighted by molar-refractivity contribution is 6.47. The summed E-state index contributed by atoms with van der Waals surface area (Å²) in [6.45, 7) is 4.60. The van der Waals surface area contributed by atoms with Crippen molar-refractivity contribution in [2.45, 2.75) is 39.5 Å². The summed E-state index contributed by atoms with van der Waals surface area (Å²) in [4.78, 5) is 21.4. The van der Waals surface area contributed by atoms with Crippen LogP contribution in [0, 0.1) is 11.5 Å². The molecule has 0 heterocycles. The number of unbranched alkanes of at least 4 members (excludes halogenated alkanes) is 1. The third-order valence-electron chi connectivity index (χ3n) is 1.36. The Bertz CT molecular complexity index is 261. The Morgan fingerprint density at radius 1 is 1.27 bits per heavy atom. The normalized spacial score (nSPS) is 9.87. The topological polar surface area (TPSA) is 52.6 Å². The highest BCUT2D eigenvalue weighted by atomic mass is 28.2. The van der Waals surface area contributed by atoms with Gasteiger partial charge in [0.05, 0.1) is 0 Å². The number of carbonyl (C=O) groups is 2. The second-order valence-corrected chi connectivity index (χ2v) is 4.38. The predicted octanol–water partition coefficient (Wildman–Crippen LogP) is 0.326. The summed E-state index contributed by atoms with van der Waals surface area (Å²) in [5.41, 5.74) is 2.93. The van der Waals surface area contributed by atoms with Crippen LogP contribution in [-0.4, -0.2) is 27.4 Å². The van der Waals surface area contributed by atoms with Crippen LogP contribution in [0.3, 0.4) is 0 Å². The maximum absolute atomic E-state index is 10.7. The molecule has 0 radical (unpaired) electrons. The van der Waals surface area contributed by atoms with Crippen molar-refractivity contribution < 1.29 is 19.1 Å². The molecule has 0 aromatic carbocycles. The summed E-state index contributed by atoms with van der Waals surface area (Å²) in [6.07, 6.45) is 1.81. The largest absolute Gasteiger partial charge is 0.429 e. The van der Waals surface area contributed by atoms with E-state index in [-0.39, 0.29) is 0 Å². The van der Waals surface area contributed by atoms with Gasteiger partial charge in [0, 0.05) is 20.3 Å². The minimum Gasteiger partial charge on any atom is -0.429 e. The smallest absolute Gasteiger partial charge is 0.305 e. The number of esters is 2.